The zero-order valence-corrected chi connectivity index (χ0v) is 16.3. The molecule has 1 aliphatic heterocycles. The maximum Gasteiger partial charge on any atom is 0.306 e. The average molecular weight is 408 g/mol. The van der Waals surface area contributed by atoms with Crippen LogP contribution in [0.4, 0.5) is 5.69 Å². The molecule has 3 rings (SSSR count). The van der Waals surface area contributed by atoms with Crippen molar-refractivity contribution in [1.82, 2.24) is 0 Å². The van der Waals surface area contributed by atoms with E-state index >= 15 is 0 Å². The number of carboxylic acid groups (broad SMARTS) is 1. The fourth-order valence-corrected chi connectivity index (χ4v) is 3.47. The second kappa shape index (κ2) is 8.12. The summed E-state index contributed by atoms with van der Waals surface area (Å²) in [5.41, 5.74) is 2.11. The molecule has 0 fully saturated rings. The molecule has 2 atom stereocenters. The normalized spacial score (nSPS) is 18.9. The van der Waals surface area contributed by atoms with Gasteiger partial charge in [-0.2, -0.15) is 0 Å². The first-order valence-electron chi connectivity index (χ1n) is 8.13. The van der Waals surface area contributed by atoms with Crippen LogP contribution in [0.3, 0.4) is 0 Å². The third-order valence-electron chi connectivity index (χ3n) is 4.22. The molecule has 0 amide bonds. The smallest absolute Gasteiger partial charge is 0.306 e. The molecular weight excluding hydrogens is 390 g/mol. The van der Waals surface area contributed by atoms with E-state index in [1.807, 2.05) is 12.1 Å². The molecule has 1 aliphatic rings. The number of hydrogen-bond donors (Lipinski definition) is 2. The van der Waals surface area contributed by atoms with Crippen LogP contribution in [0.25, 0.3) is 0 Å². The van der Waals surface area contributed by atoms with Crippen LogP contribution in [-0.4, -0.2) is 36.4 Å². The van der Waals surface area contributed by atoms with Gasteiger partial charge in [0, 0.05) is 21.8 Å². The Morgan fingerprint density at radius 1 is 1.26 bits per heavy atom. The van der Waals surface area contributed by atoms with Crippen molar-refractivity contribution in [2.75, 3.05) is 19.5 Å². The highest BCUT2D eigenvalue weighted by molar-refractivity contribution is 7.80. The molecule has 0 aromatic heterocycles. The van der Waals surface area contributed by atoms with E-state index < -0.39 is 18.2 Å². The number of fused-ring (bicyclic) bond motifs is 1. The minimum absolute atomic E-state index is 0.268. The average Bonchev–Trinajstić information content (AvgIpc) is 2.77. The maximum absolute atomic E-state index is 11.3. The molecular formula is C19H18ClNO5S. The number of ether oxygens (including phenoxy) is 3. The maximum atomic E-state index is 11.3. The van der Waals surface area contributed by atoms with E-state index in [0.717, 1.165) is 5.56 Å². The Kier molecular flexibility index (Phi) is 5.84. The van der Waals surface area contributed by atoms with Crippen molar-refractivity contribution in [2.24, 2.45) is 0 Å². The molecule has 0 bridgehead atoms. The molecule has 2 unspecified atom stereocenters. The number of halogens is 1. The van der Waals surface area contributed by atoms with E-state index in [4.69, 9.17) is 38.0 Å². The number of carbonyl (C=O) groups is 1. The second-order valence-electron chi connectivity index (χ2n) is 5.91. The predicted octanol–water partition coefficient (Wildman–Crippen LogP) is 4.06. The van der Waals surface area contributed by atoms with Gasteiger partial charge < -0.3 is 24.6 Å². The van der Waals surface area contributed by atoms with Gasteiger partial charge in [0.2, 0.25) is 0 Å². The van der Waals surface area contributed by atoms with Crippen molar-refractivity contribution in [2.45, 2.75) is 18.6 Å². The summed E-state index contributed by atoms with van der Waals surface area (Å²) >= 11 is 11.6. The molecule has 2 aromatic rings. The van der Waals surface area contributed by atoms with Gasteiger partial charge in [-0.1, -0.05) is 36.0 Å². The van der Waals surface area contributed by atoms with Gasteiger partial charge in [0.1, 0.15) is 17.2 Å². The fourth-order valence-electron chi connectivity index (χ4n) is 3.04. The molecule has 142 valence electrons. The van der Waals surface area contributed by atoms with Crippen molar-refractivity contribution in [1.29, 1.82) is 0 Å². The largest absolute Gasteiger partial charge is 0.493 e. The molecule has 0 spiro atoms. The van der Waals surface area contributed by atoms with Gasteiger partial charge in [-0.05, 0) is 24.3 Å². The van der Waals surface area contributed by atoms with Gasteiger partial charge in [-0.15, -0.1) is 0 Å². The third kappa shape index (κ3) is 4.00. The topological polar surface area (TPSA) is 77.0 Å². The molecule has 0 aliphatic carbocycles. The highest BCUT2D eigenvalue weighted by Gasteiger charge is 2.33. The van der Waals surface area contributed by atoms with Crippen molar-refractivity contribution in [3.63, 3.8) is 0 Å². The molecule has 2 aromatic carbocycles. The Hall–Kier alpha value is -2.35. The number of nitrogens with one attached hydrogen (secondary N) is 1. The summed E-state index contributed by atoms with van der Waals surface area (Å²) in [6, 6.07) is 10.7. The Morgan fingerprint density at radius 2 is 2.04 bits per heavy atom. The van der Waals surface area contributed by atoms with Crippen LogP contribution in [0.15, 0.2) is 36.4 Å². The summed E-state index contributed by atoms with van der Waals surface area (Å²) in [6.07, 6.45) is -1.73. The number of carboxylic acids is 1. The summed E-state index contributed by atoms with van der Waals surface area (Å²) in [6.45, 7) is 0. The van der Waals surface area contributed by atoms with Crippen LogP contribution in [0.1, 0.15) is 23.7 Å². The Labute approximate surface area is 167 Å². The monoisotopic (exact) mass is 407 g/mol. The van der Waals surface area contributed by atoms with Gasteiger partial charge in [-0.25, -0.2) is 0 Å². The van der Waals surface area contributed by atoms with E-state index in [0.29, 0.717) is 32.8 Å². The molecule has 0 radical (unpaired) electrons. The van der Waals surface area contributed by atoms with Crippen LogP contribution in [0.2, 0.25) is 5.02 Å². The first-order valence-corrected chi connectivity index (χ1v) is 8.91. The number of para-hydroxylation sites is 1. The molecule has 27 heavy (non-hydrogen) atoms. The van der Waals surface area contributed by atoms with Gasteiger partial charge in [0.05, 0.1) is 20.6 Å². The minimum atomic E-state index is -1.01. The molecule has 1 heterocycles. The molecule has 0 saturated heterocycles. The molecule has 8 heteroatoms. The second-order valence-corrected chi connectivity index (χ2v) is 6.78. The lowest BCUT2D eigenvalue weighted by Crippen LogP contribution is -2.30. The first kappa shape index (κ1) is 19.4. The van der Waals surface area contributed by atoms with Crippen molar-refractivity contribution < 1.29 is 24.1 Å². The third-order valence-corrected chi connectivity index (χ3v) is 4.82. The van der Waals surface area contributed by atoms with Crippen LogP contribution in [0.5, 0.6) is 11.5 Å². The zero-order chi connectivity index (χ0) is 19.6. The number of benzene rings is 2. The van der Waals surface area contributed by atoms with Crippen LogP contribution in [-0.2, 0) is 9.53 Å². The standard InChI is InChI=1S/C19H18ClNO5S/c1-24-14-5-3-4-11(18(14)25-2)17-12-8-10(20)6-7-13(12)21-19(27)15(26-17)9-16(22)23/h3-8,15,17H,9H2,1-2H3,(H,21,27)(H,22,23). The highest BCUT2D eigenvalue weighted by atomic mass is 35.5. The fraction of sp³-hybridized carbons (Fsp3) is 0.263. The SMILES string of the molecule is COc1cccc(C2OC(CC(=O)O)C(=S)Nc3ccc(Cl)cc32)c1OC. The summed E-state index contributed by atoms with van der Waals surface area (Å²) in [4.78, 5) is 11.6. The summed E-state index contributed by atoms with van der Waals surface area (Å²) in [5, 5.41) is 12.8. The van der Waals surface area contributed by atoms with Crippen molar-refractivity contribution in [3.8, 4) is 11.5 Å². The Balaban J connectivity index is 2.18. The van der Waals surface area contributed by atoms with Gasteiger partial charge in [0.25, 0.3) is 0 Å². The number of anilines is 1. The number of thiocarbonyl (C=S) groups is 1. The van der Waals surface area contributed by atoms with Gasteiger partial charge in [0.15, 0.2) is 11.5 Å². The van der Waals surface area contributed by atoms with Crippen LogP contribution >= 0.6 is 23.8 Å². The number of hydrogen-bond acceptors (Lipinski definition) is 5. The summed E-state index contributed by atoms with van der Waals surface area (Å²) < 4.78 is 17.1. The molecule has 0 saturated carbocycles. The van der Waals surface area contributed by atoms with Crippen molar-refractivity contribution in [3.05, 3.63) is 52.5 Å². The molecule has 6 nitrogen and oxygen atoms in total. The lowest BCUT2D eigenvalue weighted by atomic mass is 9.98. The van der Waals surface area contributed by atoms with Crippen LogP contribution in [0, 0.1) is 0 Å². The van der Waals surface area contributed by atoms with E-state index in [1.54, 1.807) is 31.4 Å². The zero-order valence-electron chi connectivity index (χ0n) is 14.7. The number of methoxy groups -OCH3 is 2. The van der Waals surface area contributed by atoms with Gasteiger partial charge >= 0.3 is 5.97 Å². The number of aliphatic carboxylic acids is 1. The Bertz CT molecular complexity index is 888. The van der Waals surface area contributed by atoms with E-state index in [9.17, 15) is 9.90 Å². The summed E-state index contributed by atoms with van der Waals surface area (Å²) in [7, 11) is 3.08. The van der Waals surface area contributed by atoms with E-state index in [2.05, 4.69) is 5.32 Å². The van der Waals surface area contributed by atoms with Gasteiger partial charge in [-0.3, -0.25) is 4.79 Å². The first-order chi connectivity index (χ1) is 12.9. The van der Waals surface area contributed by atoms with E-state index in [-0.39, 0.29) is 6.42 Å². The summed E-state index contributed by atoms with van der Waals surface area (Å²) in [5.74, 6) is 0.0269. The lowest BCUT2D eigenvalue weighted by Gasteiger charge is -2.24. The minimum Gasteiger partial charge on any atom is -0.493 e. The quantitative estimate of drug-likeness (QED) is 0.723. The Morgan fingerprint density at radius 3 is 2.70 bits per heavy atom. The van der Waals surface area contributed by atoms with Crippen molar-refractivity contribution >= 4 is 40.5 Å². The van der Waals surface area contributed by atoms with Crippen LogP contribution < -0.4 is 14.8 Å². The lowest BCUT2D eigenvalue weighted by molar-refractivity contribution is -0.139. The van der Waals surface area contributed by atoms with E-state index in [1.165, 1.54) is 7.11 Å². The predicted molar refractivity (Wildman–Crippen MR) is 106 cm³/mol. The number of rotatable bonds is 5. The molecule has 2 N–H and O–H groups in total. The highest BCUT2D eigenvalue weighted by Crippen LogP contribution is 2.43.